The summed E-state index contributed by atoms with van der Waals surface area (Å²) in [7, 11) is 8.09. The van der Waals surface area contributed by atoms with Crippen LogP contribution in [0.4, 0.5) is 11.4 Å². The van der Waals surface area contributed by atoms with Crippen LogP contribution in [0, 0.1) is 13.8 Å². The standard InChI is InChI=1S/C56H46N8O2/c1-35-19-21-57-55(23-35)63-51-13-9-7-11-45(51)47-17-15-41(31-53(47)63)65-43-27-37(25-39(29-43)61(3)4)49-33-60-50(34-59-49)38-26-40(62(5)6)30-44(28-38)66-42-16-18-48-46-12-8-10-14-52(46)64(54(48)32-42)56-24-36(2)20-22-58-56/h7-34H,1-6H3. The van der Waals surface area contributed by atoms with Crippen LogP contribution in [-0.4, -0.2) is 57.3 Å². The third-order valence-electron chi connectivity index (χ3n) is 12.1. The van der Waals surface area contributed by atoms with Crippen molar-refractivity contribution in [3.63, 3.8) is 0 Å². The lowest BCUT2D eigenvalue weighted by Crippen LogP contribution is -2.09. The minimum Gasteiger partial charge on any atom is -0.457 e. The van der Waals surface area contributed by atoms with Gasteiger partial charge in [0.25, 0.3) is 0 Å². The number of hydrogen-bond donors (Lipinski definition) is 0. The normalized spacial score (nSPS) is 11.5. The lowest BCUT2D eigenvalue weighted by atomic mass is 10.1. The van der Waals surface area contributed by atoms with Crippen LogP contribution in [0.5, 0.6) is 23.0 Å². The molecule has 0 aliphatic carbocycles. The van der Waals surface area contributed by atoms with Crippen molar-refractivity contribution in [3.05, 3.63) is 182 Å². The Morgan fingerprint density at radius 3 is 1.23 bits per heavy atom. The Morgan fingerprint density at radius 2 is 0.818 bits per heavy atom. The van der Waals surface area contributed by atoms with Crippen LogP contribution in [0.3, 0.4) is 0 Å². The van der Waals surface area contributed by atoms with Gasteiger partial charge >= 0.3 is 0 Å². The van der Waals surface area contributed by atoms with Crippen LogP contribution in [0.2, 0.25) is 0 Å². The van der Waals surface area contributed by atoms with E-state index in [0.717, 1.165) is 100 Å². The van der Waals surface area contributed by atoms with E-state index in [2.05, 4.69) is 130 Å². The third kappa shape index (κ3) is 7.38. The van der Waals surface area contributed by atoms with E-state index in [9.17, 15) is 0 Å². The maximum Gasteiger partial charge on any atom is 0.137 e. The monoisotopic (exact) mass is 862 g/mol. The van der Waals surface area contributed by atoms with E-state index in [-0.39, 0.29) is 0 Å². The van der Waals surface area contributed by atoms with Gasteiger partial charge in [-0.15, -0.1) is 0 Å². The molecule has 0 spiro atoms. The molecule has 0 saturated carbocycles. The van der Waals surface area contributed by atoms with E-state index in [0.29, 0.717) is 23.0 Å². The fraction of sp³-hybridized carbons (Fsp3) is 0.107. The molecule has 0 aliphatic rings. The highest BCUT2D eigenvalue weighted by Crippen LogP contribution is 2.39. The summed E-state index contributed by atoms with van der Waals surface area (Å²) in [6.45, 7) is 4.17. The highest BCUT2D eigenvalue weighted by atomic mass is 16.5. The third-order valence-corrected chi connectivity index (χ3v) is 12.1. The van der Waals surface area contributed by atoms with Gasteiger partial charge in [-0.1, -0.05) is 36.4 Å². The fourth-order valence-corrected chi connectivity index (χ4v) is 8.80. The van der Waals surface area contributed by atoms with Crippen molar-refractivity contribution in [1.29, 1.82) is 0 Å². The van der Waals surface area contributed by atoms with Crippen molar-refractivity contribution in [2.24, 2.45) is 0 Å². The van der Waals surface area contributed by atoms with Crippen molar-refractivity contribution < 1.29 is 9.47 Å². The SMILES string of the molecule is Cc1ccnc(-n2c3ccccc3c3ccc(Oc4cc(-c5cnc(-c6cc(Oc7ccc8c9ccccc9n(-c9cc(C)ccn9)c8c7)cc(N(C)C)c6)cn5)cc(N(C)C)c4)cc32)c1. The first-order valence-electron chi connectivity index (χ1n) is 21.9. The molecule has 6 aromatic carbocycles. The Labute approximate surface area is 382 Å². The maximum absolute atomic E-state index is 6.68. The molecule has 5 aromatic heterocycles. The van der Waals surface area contributed by atoms with Gasteiger partial charge < -0.3 is 19.3 Å². The number of fused-ring (bicyclic) bond motifs is 6. The molecule has 0 bridgehead atoms. The van der Waals surface area contributed by atoms with Crippen LogP contribution in [0.1, 0.15) is 11.1 Å². The molecule has 0 amide bonds. The molecular formula is C56H46N8O2. The Morgan fingerprint density at radius 1 is 0.394 bits per heavy atom. The molecule has 322 valence electrons. The first-order chi connectivity index (χ1) is 32.1. The molecule has 10 nitrogen and oxygen atoms in total. The average Bonchev–Trinajstić information content (AvgIpc) is 3.83. The summed E-state index contributed by atoms with van der Waals surface area (Å²) < 4.78 is 17.8. The minimum absolute atomic E-state index is 0.687. The molecule has 0 unspecified atom stereocenters. The Bertz CT molecular complexity index is 3410. The van der Waals surface area contributed by atoms with E-state index >= 15 is 0 Å². The van der Waals surface area contributed by atoms with E-state index in [1.807, 2.05) is 102 Å². The lowest BCUT2D eigenvalue weighted by Gasteiger charge is -2.17. The van der Waals surface area contributed by atoms with Crippen molar-refractivity contribution in [2.45, 2.75) is 13.8 Å². The first kappa shape index (κ1) is 40.3. The summed E-state index contributed by atoms with van der Waals surface area (Å²) in [6, 6.07) is 49.9. The van der Waals surface area contributed by atoms with Crippen LogP contribution in [0.25, 0.3) is 77.8 Å². The smallest absolute Gasteiger partial charge is 0.137 e. The highest BCUT2D eigenvalue weighted by molar-refractivity contribution is 6.10. The molecule has 0 fully saturated rings. The van der Waals surface area contributed by atoms with E-state index in [1.54, 1.807) is 0 Å². The van der Waals surface area contributed by atoms with E-state index < -0.39 is 0 Å². The van der Waals surface area contributed by atoms with E-state index in [1.165, 1.54) is 0 Å². The van der Waals surface area contributed by atoms with Crippen LogP contribution < -0.4 is 19.3 Å². The van der Waals surface area contributed by atoms with Crippen LogP contribution in [-0.2, 0) is 0 Å². The number of aryl methyl sites for hydroxylation is 2. The summed E-state index contributed by atoms with van der Waals surface area (Å²) in [6.07, 6.45) is 7.36. The second-order valence-corrected chi connectivity index (χ2v) is 17.2. The van der Waals surface area contributed by atoms with Crippen molar-refractivity contribution in [1.82, 2.24) is 29.1 Å². The fourth-order valence-electron chi connectivity index (χ4n) is 8.80. The summed E-state index contributed by atoms with van der Waals surface area (Å²) in [4.78, 5) is 23.6. The minimum atomic E-state index is 0.687. The average molecular weight is 863 g/mol. The number of nitrogens with zero attached hydrogens (tertiary/aromatic N) is 8. The molecule has 11 aromatic rings. The van der Waals surface area contributed by atoms with Gasteiger partial charge in [0.15, 0.2) is 0 Å². The van der Waals surface area contributed by atoms with Gasteiger partial charge in [-0.05, 0) is 110 Å². The molecule has 10 heteroatoms. The Kier molecular flexibility index (Phi) is 9.92. The molecule has 0 aliphatic heterocycles. The van der Waals surface area contributed by atoms with Crippen molar-refractivity contribution in [2.75, 3.05) is 38.0 Å². The molecule has 0 saturated heterocycles. The number of hydrogen-bond acceptors (Lipinski definition) is 8. The summed E-state index contributed by atoms with van der Waals surface area (Å²) in [5, 5.41) is 4.58. The summed E-state index contributed by atoms with van der Waals surface area (Å²) in [5.74, 6) is 4.53. The molecule has 0 radical (unpaired) electrons. The van der Waals surface area contributed by atoms with Gasteiger partial charge in [-0.3, -0.25) is 19.1 Å². The van der Waals surface area contributed by atoms with Gasteiger partial charge in [-0.2, -0.15) is 0 Å². The Balaban J connectivity index is 0.911. The number of anilines is 2. The zero-order valence-corrected chi connectivity index (χ0v) is 37.6. The van der Waals surface area contributed by atoms with Gasteiger partial charge in [0.2, 0.25) is 0 Å². The number of ether oxygens (including phenoxy) is 2. The number of benzene rings is 6. The number of para-hydroxylation sites is 2. The zero-order chi connectivity index (χ0) is 45.1. The predicted octanol–water partition coefficient (Wildman–Crippen LogP) is 13.1. The van der Waals surface area contributed by atoms with Crippen molar-refractivity contribution in [3.8, 4) is 57.1 Å². The van der Waals surface area contributed by atoms with E-state index in [4.69, 9.17) is 29.4 Å². The lowest BCUT2D eigenvalue weighted by molar-refractivity contribution is 0.483. The summed E-state index contributed by atoms with van der Waals surface area (Å²) >= 11 is 0. The van der Waals surface area contributed by atoms with Gasteiger partial charge in [0.05, 0.1) is 45.8 Å². The second kappa shape index (κ2) is 16.2. The molecule has 66 heavy (non-hydrogen) atoms. The molecular weight excluding hydrogens is 817 g/mol. The largest absolute Gasteiger partial charge is 0.457 e. The van der Waals surface area contributed by atoms with Crippen molar-refractivity contribution >= 4 is 55.0 Å². The first-order valence-corrected chi connectivity index (χ1v) is 21.9. The number of rotatable bonds is 10. The maximum atomic E-state index is 6.68. The number of pyridine rings is 2. The predicted molar refractivity (Wildman–Crippen MR) is 268 cm³/mol. The molecule has 5 heterocycles. The zero-order valence-electron chi connectivity index (χ0n) is 37.6. The van der Waals surface area contributed by atoms with Gasteiger partial charge in [0.1, 0.15) is 34.6 Å². The molecule has 0 N–H and O–H groups in total. The van der Waals surface area contributed by atoms with Crippen LogP contribution in [0.15, 0.2) is 170 Å². The number of aromatic nitrogens is 6. The quantitative estimate of drug-likeness (QED) is 0.134. The molecule has 0 atom stereocenters. The highest BCUT2D eigenvalue weighted by Gasteiger charge is 2.18. The van der Waals surface area contributed by atoms with Gasteiger partial charge in [-0.25, -0.2) is 9.97 Å². The molecule has 11 rings (SSSR count). The topological polar surface area (TPSA) is 86.4 Å². The van der Waals surface area contributed by atoms with Gasteiger partial charge in [0, 0.05) is 109 Å². The van der Waals surface area contributed by atoms with Crippen LogP contribution >= 0.6 is 0 Å². The summed E-state index contributed by atoms with van der Waals surface area (Å²) in [5.41, 5.74) is 11.7. The second-order valence-electron chi connectivity index (χ2n) is 17.2. The Hall–Kier alpha value is -8.50.